The van der Waals surface area contributed by atoms with Gasteiger partial charge in [-0.05, 0) is 36.6 Å². The van der Waals surface area contributed by atoms with Crippen molar-refractivity contribution in [2.24, 2.45) is 23.0 Å². The Kier molecular flexibility index (Phi) is 2.06. The van der Waals surface area contributed by atoms with Gasteiger partial charge in [-0.2, -0.15) is 0 Å². The molecule has 0 aromatic heterocycles. The van der Waals surface area contributed by atoms with Crippen molar-refractivity contribution >= 4 is 5.97 Å². The third-order valence-electron chi connectivity index (χ3n) is 4.02. The van der Waals surface area contributed by atoms with E-state index in [-0.39, 0.29) is 11.8 Å². The van der Waals surface area contributed by atoms with E-state index >= 15 is 0 Å². The largest absolute Gasteiger partial charge is 0.481 e. The predicted molar refractivity (Wildman–Crippen MR) is 49.2 cm³/mol. The highest BCUT2D eigenvalue weighted by atomic mass is 16.4. The molecule has 3 heteroatoms. The van der Waals surface area contributed by atoms with Gasteiger partial charge in [0, 0.05) is 0 Å². The standard InChI is InChI=1S/C10H17NO2/c11-6-10(5-9(12)13)4-7-2-1-3-8(7)10/h7-8H,1-6,11H2,(H,12,13)/t7-,8?,10+/m0/s1. The summed E-state index contributed by atoms with van der Waals surface area (Å²) < 4.78 is 0. The summed E-state index contributed by atoms with van der Waals surface area (Å²) in [6.07, 6.45) is 5.11. The molecule has 0 spiro atoms. The van der Waals surface area contributed by atoms with Crippen LogP contribution < -0.4 is 5.73 Å². The zero-order valence-electron chi connectivity index (χ0n) is 7.83. The van der Waals surface area contributed by atoms with E-state index in [2.05, 4.69) is 0 Å². The zero-order valence-corrected chi connectivity index (χ0v) is 7.83. The predicted octanol–water partition coefficient (Wildman–Crippen LogP) is 1.23. The highest BCUT2D eigenvalue weighted by molar-refractivity contribution is 5.68. The van der Waals surface area contributed by atoms with Crippen molar-refractivity contribution < 1.29 is 9.90 Å². The van der Waals surface area contributed by atoms with Gasteiger partial charge in [-0.1, -0.05) is 12.8 Å². The van der Waals surface area contributed by atoms with Gasteiger partial charge in [0.05, 0.1) is 6.42 Å². The molecule has 0 radical (unpaired) electrons. The van der Waals surface area contributed by atoms with Gasteiger partial charge in [-0.3, -0.25) is 4.79 Å². The molecular formula is C10H17NO2. The van der Waals surface area contributed by atoms with Crippen LogP contribution in [-0.4, -0.2) is 17.6 Å². The van der Waals surface area contributed by atoms with E-state index in [1.807, 2.05) is 0 Å². The quantitative estimate of drug-likeness (QED) is 0.691. The third-order valence-corrected chi connectivity index (χ3v) is 4.02. The number of carbonyl (C=O) groups is 1. The molecule has 13 heavy (non-hydrogen) atoms. The minimum atomic E-state index is -0.684. The molecule has 3 N–H and O–H groups in total. The lowest BCUT2D eigenvalue weighted by atomic mass is 9.53. The van der Waals surface area contributed by atoms with Crippen LogP contribution in [0.3, 0.4) is 0 Å². The van der Waals surface area contributed by atoms with Crippen LogP contribution in [0.25, 0.3) is 0 Å². The first kappa shape index (κ1) is 9.00. The van der Waals surface area contributed by atoms with Crippen LogP contribution in [0, 0.1) is 17.3 Å². The molecule has 2 aliphatic rings. The summed E-state index contributed by atoms with van der Waals surface area (Å²) in [7, 11) is 0. The molecule has 0 aliphatic heterocycles. The van der Waals surface area contributed by atoms with Gasteiger partial charge in [-0.25, -0.2) is 0 Å². The monoisotopic (exact) mass is 183 g/mol. The average molecular weight is 183 g/mol. The number of carboxylic acid groups (broad SMARTS) is 1. The van der Waals surface area contributed by atoms with E-state index in [0.29, 0.717) is 12.5 Å². The maximum Gasteiger partial charge on any atom is 0.303 e. The number of nitrogens with two attached hydrogens (primary N) is 1. The van der Waals surface area contributed by atoms with Crippen molar-refractivity contribution in [2.45, 2.75) is 32.1 Å². The van der Waals surface area contributed by atoms with Crippen LogP contribution in [-0.2, 0) is 4.79 Å². The second-order valence-corrected chi connectivity index (χ2v) is 4.64. The minimum Gasteiger partial charge on any atom is -0.481 e. The Labute approximate surface area is 78.3 Å². The van der Waals surface area contributed by atoms with Gasteiger partial charge < -0.3 is 10.8 Å². The van der Waals surface area contributed by atoms with Crippen molar-refractivity contribution in [3.63, 3.8) is 0 Å². The molecular weight excluding hydrogens is 166 g/mol. The van der Waals surface area contributed by atoms with E-state index in [1.54, 1.807) is 0 Å². The lowest BCUT2D eigenvalue weighted by molar-refractivity contribution is -0.145. The van der Waals surface area contributed by atoms with Gasteiger partial charge in [0.15, 0.2) is 0 Å². The number of hydrogen-bond donors (Lipinski definition) is 2. The van der Waals surface area contributed by atoms with E-state index in [0.717, 1.165) is 12.3 Å². The second kappa shape index (κ2) is 2.98. The van der Waals surface area contributed by atoms with Crippen molar-refractivity contribution in [1.29, 1.82) is 0 Å². The summed E-state index contributed by atoms with van der Waals surface area (Å²) in [4.78, 5) is 10.7. The Morgan fingerprint density at radius 2 is 2.31 bits per heavy atom. The van der Waals surface area contributed by atoms with Gasteiger partial charge in [-0.15, -0.1) is 0 Å². The molecule has 1 unspecified atom stereocenters. The lowest BCUT2D eigenvalue weighted by Crippen LogP contribution is -2.51. The fraction of sp³-hybridized carbons (Fsp3) is 0.900. The Bertz CT molecular complexity index is 229. The lowest BCUT2D eigenvalue weighted by Gasteiger charge is -2.51. The molecule has 3 atom stereocenters. The Morgan fingerprint density at radius 1 is 1.54 bits per heavy atom. The fourth-order valence-electron chi connectivity index (χ4n) is 3.41. The summed E-state index contributed by atoms with van der Waals surface area (Å²) in [5.74, 6) is 0.729. The number of fused-ring (bicyclic) bond motifs is 1. The third kappa shape index (κ3) is 1.26. The Balaban J connectivity index is 2.05. The maximum absolute atomic E-state index is 10.7. The van der Waals surface area contributed by atoms with E-state index < -0.39 is 5.97 Å². The summed E-state index contributed by atoms with van der Waals surface area (Å²) in [5.41, 5.74) is 5.68. The van der Waals surface area contributed by atoms with Gasteiger partial charge >= 0.3 is 5.97 Å². The molecule has 0 amide bonds. The molecule has 2 fully saturated rings. The number of hydrogen-bond acceptors (Lipinski definition) is 2. The van der Waals surface area contributed by atoms with Crippen molar-refractivity contribution in [2.75, 3.05) is 6.54 Å². The second-order valence-electron chi connectivity index (χ2n) is 4.64. The molecule has 0 saturated heterocycles. The minimum absolute atomic E-state index is 0.0347. The molecule has 0 aromatic carbocycles. The molecule has 2 rings (SSSR count). The van der Waals surface area contributed by atoms with E-state index in [4.69, 9.17) is 10.8 Å². The molecule has 2 saturated carbocycles. The fourth-order valence-corrected chi connectivity index (χ4v) is 3.41. The summed E-state index contributed by atoms with van der Waals surface area (Å²) in [6.45, 7) is 0.556. The highest BCUT2D eigenvalue weighted by Crippen LogP contribution is 2.60. The Morgan fingerprint density at radius 3 is 2.85 bits per heavy atom. The van der Waals surface area contributed by atoms with Crippen LogP contribution >= 0.6 is 0 Å². The number of rotatable bonds is 3. The molecule has 0 heterocycles. The van der Waals surface area contributed by atoms with E-state index in [9.17, 15) is 4.79 Å². The van der Waals surface area contributed by atoms with Crippen LogP contribution in [0.4, 0.5) is 0 Å². The molecule has 2 aliphatic carbocycles. The Hall–Kier alpha value is -0.570. The SMILES string of the molecule is NC[C@]1(CC(=O)O)C[C@@H]2CCCC21. The van der Waals surface area contributed by atoms with Crippen molar-refractivity contribution in [1.82, 2.24) is 0 Å². The average Bonchev–Trinajstić information content (AvgIpc) is 2.43. The van der Waals surface area contributed by atoms with Crippen LogP contribution in [0.15, 0.2) is 0 Å². The van der Waals surface area contributed by atoms with Crippen molar-refractivity contribution in [3.05, 3.63) is 0 Å². The first-order valence-electron chi connectivity index (χ1n) is 5.10. The zero-order chi connectivity index (χ0) is 9.47. The molecule has 3 nitrogen and oxygen atoms in total. The van der Waals surface area contributed by atoms with Gasteiger partial charge in [0.25, 0.3) is 0 Å². The normalized spacial score (nSPS) is 42.5. The number of carboxylic acids is 1. The summed E-state index contributed by atoms with van der Waals surface area (Å²) >= 11 is 0. The van der Waals surface area contributed by atoms with Crippen molar-refractivity contribution in [3.8, 4) is 0 Å². The van der Waals surface area contributed by atoms with Gasteiger partial charge in [0.1, 0.15) is 0 Å². The first-order chi connectivity index (χ1) is 6.18. The van der Waals surface area contributed by atoms with Crippen LogP contribution in [0.1, 0.15) is 32.1 Å². The molecule has 0 aromatic rings. The van der Waals surface area contributed by atoms with Gasteiger partial charge in [0.2, 0.25) is 0 Å². The van der Waals surface area contributed by atoms with E-state index in [1.165, 1.54) is 19.3 Å². The summed E-state index contributed by atoms with van der Waals surface area (Å²) in [5, 5.41) is 8.81. The molecule has 74 valence electrons. The molecule has 0 bridgehead atoms. The first-order valence-corrected chi connectivity index (χ1v) is 5.10. The van der Waals surface area contributed by atoms with Crippen LogP contribution in [0.5, 0.6) is 0 Å². The topological polar surface area (TPSA) is 63.3 Å². The van der Waals surface area contributed by atoms with Crippen LogP contribution in [0.2, 0.25) is 0 Å². The summed E-state index contributed by atoms with van der Waals surface area (Å²) in [6, 6.07) is 0. The highest BCUT2D eigenvalue weighted by Gasteiger charge is 2.55. The number of aliphatic carboxylic acids is 1. The smallest absolute Gasteiger partial charge is 0.303 e. The maximum atomic E-state index is 10.7.